The first-order valence-electron chi connectivity index (χ1n) is 7.78. The van der Waals surface area contributed by atoms with Crippen molar-refractivity contribution in [2.24, 2.45) is 0 Å². The van der Waals surface area contributed by atoms with Gasteiger partial charge >= 0.3 is 0 Å². The quantitative estimate of drug-likeness (QED) is 0.807. The number of sulfonamides is 1. The molecule has 7 heteroatoms. The van der Waals surface area contributed by atoms with E-state index in [2.05, 4.69) is 9.88 Å². The third-order valence-corrected chi connectivity index (χ3v) is 6.47. The monoisotopic (exact) mass is 325 g/mol. The first kappa shape index (κ1) is 15.9. The molecule has 1 aromatic heterocycles. The Balaban J connectivity index is 1.82. The molecule has 0 spiro atoms. The molecule has 6 nitrogen and oxygen atoms in total. The van der Waals surface area contributed by atoms with Gasteiger partial charge < -0.3 is 9.64 Å². The van der Waals surface area contributed by atoms with Crippen LogP contribution < -0.4 is 0 Å². The van der Waals surface area contributed by atoms with Crippen LogP contribution >= 0.6 is 0 Å². The molecule has 0 radical (unpaired) electrons. The van der Waals surface area contributed by atoms with Crippen LogP contribution in [0.15, 0.2) is 29.4 Å². The van der Waals surface area contributed by atoms with Crippen LogP contribution in [0.3, 0.4) is 0 Å². The maximum absolute atomic E-state index is 12.9. The van der Waals surface area contributed by atoms with Crippen LogP contribution in [0.5, 0.6) is 0 Å². The first-order chi connectivity index (χ1) is 10.6. The van der Waals surface area contributed by atoms with Gasteiger partial charge in [0.1, 0.15) is 4.90 Å². The number of ether oxygens (including phenoxy) is 1. The molecule has 0 saturated carbocycles. The predicted octanol–water partition coefficient (Wildman–Crippen LogP) is 0.955. The van der Waals surface area contributed by atoms with E-state index in [1.165, 1.54) is 19.0 Å². The second-order valence-electron chi connectivity index (χ2n) is 6.02. The lowest BCUT2D eigenvalue weighted by atomic mass is 10.2. The van der Waals surface area contributed by atoms with Crippen molar-refractivity contribution in [1.82, 2.24) is 14.2 Å². The van der Waals surface area contributed by atoms with Gasteiger partial charge in [-0.2, -0.15) is 4.31 Å². The van der Waals surface area contributed by atoms with E-state index in [0.717, 1.165) is 26.1 Å². The zero-order valence-corrected chi connectivity index (χ0v) is 13.7. The largest absolute Gasteiger partial charge is 0.380 e. The van der Waals surface area contributed by atoms with Crippen LogP contribution in [0, 0.1) is 0 Å². The maximum Gasteiger partial charge on any atom is 0.244 e. The molecule has 3 rings (SSSR count). The zero-order chi connectivity index (χ0) is 15.6. The predicted molar refractivity (Wildman–Crippen MR) is 83.0 cm³/mol. The highest BCUT2D eigenvalue weighted by atomic mass is 32.2. The highest BCUT2D eigenvalue weighted by molar-refractivity contribution is 7.89. The maximum atomic E-state index is 12.9. The van der Waals surface area contributed by atoms with Crippen molar-refractivity contribution >= 4 is 10.0 Å². The van der Waals surface area contributed by atoms with Crippen molar-refractivity contribution in [3.05, 3.63) is 24.5 Å². The van der Waals surface area contributed by atoms with Gasteiger partial charge in [0, 0.05) is 38.6 Å². The number of methoxy groups -OCH3 is 1. The zero-order valence-electron chi connectivity index (χ0n) is 12.9. The number of hydrogen-bond acceptors (Lipinski definition) is 5. The van der Waals surface area contributed by atoms with Gasteiger partial charge in [0.15, 0.2) is 0 Å². The van der Waals surface area contributed by atoms with Crippen molar-refractivity contribution in [2.75, 3.05) is 33.3 Å². The van der Waals surface area contributed by atoms with Gasteiger partial charge in [-0.25, -0.2) is 8.42 Å². The topological polar surface area (TPSA) is 62.7 Å². The third-order valence-electron chi connectivity index (χ3n) is 4.57. The summed E-state index contributed by atoms with van der Waals surface area (Å²) >= 11 is 0. The van der Waals surface area contributed by atoms with Crippen LogP contribution in [0.2, 0.25) is 0 Å². The number of aromatic nitrogens is 1. The van der Waals surface area contributed by atoms with E-state index in [1.807, 2.05) is 0 Å². The molecule has 0 aromatic carbocycles. The SMILES string of the molecule is CO[C@H]1C[C@@H](CN2CCCC2)N(S(=O)(=O)c2cccnc2)C1. The Labute approximate surface area is 132 Å². The van der Waals surface area contributed by atoms with Crippen molar-refractivity contribution in [2.45, 2.75) is 36.3 Å². The van der Waals surface area contributed by atoms with E-state index in [4.69, 9.17) is 4.74 Å². The average Bonchev–Trinajstić information content (AvgIpc) is 3.18. The average molecular weight is 325 g/mol. The molecule has 0 aliphatic carbocycles. The fourth-order valence-electron chi connectivity index (χ4n) is 3.37. The van der Waals surface area contributed by atoms with Crippen molar-refractivity contribution in [3.8, 4) is 0 Å². The summed E-state index contributed by atoms with van der Waals surface area (Å²) in [4.78, 5) is 6.56. The molecule has 2 atom stereocenters. The minimum atomic E-state index is -3.51. The minimum absolute atomic E-state index is 0.0201. The van der Waals surface area contributed by atoms with Gasteiger partial charge in [-0.3, -0.25) is 4.98 Å². The number of likely N-dealkylation sites (tertiary alicyclic amines) is 1. The van der Waals surface area contributed by atoms with Gasteiger partial charge in [0.25, 0.3) is 0 Å². The smallest absolute Gasteiger partial charge is 0.244 e. The van der Waals surface area contributed by atoms with E-state index in [1.54, 1.807) is 29.7 Å². The van der Waals surface area contributed by atoms with E-state index < -0.39 is 10.0 Å². The highest BCUT2D eigenvalue weighted by Crippen LogP contribution is 2.28. The highest BCUT2D eigenvalue weighted by Gasteiger charge is 2.41. The molecule has 122 valence electrons. The van der Waals surface area contributed by atoms with E-state index in [-0.39, 0.29) is 17.0 Å². The Kier molecular flexibility index (Phi) is 4.77. The number of hydrogen-bond donors (Lipinski definition) is 0. The van der Waals surface area contributed by atoms with Gasteiger partial charge in [0.05, 0.1) is 6.10 Å². The van der Waals surface area contributed by atoms with Crippen molar-refractivity contribution < 1.29 is 13.2 Å². The molecule has 2 saturated heterocycles. The van der Waals surface area contributed by atoms with Gasteiger partial charge in [0.2, 0.25) is 10.0 Å². The summed E-state index contributed by atoms with van der Waals surface area (Å²) in [5, 5.41) is 0. The summed E-state index contributed by atoms with van der Waals surface area (Å²) < 4.78 is 32.8. The standard InChI is InChI=1S/C15H23N3O3S/c1-21-14-9-13(11-17-7-2-3-8-17)18(12-14)22(19,20)15-5-4-6-16-10-15/h4-6,10,13-14H,2-3,7-9,11-12H2,1H3/t13-,14-/m0/s1. The molecule has 2 fully saturated rings. The first-order valence-corrected chi connectivity index (χ1v) is 9.22. The second-order valence-corrected chi connectivity index (χ2v) is 7.91. The Morgan fingerprint density at radius 3 is 2.77 bits per heavy atom. The third kappa shape index (κ3) is 3.17. The molecular formula is C15H23N3O3S. The molecule has 1 aromatic rings. The van der Waals surface area contributed by atoms with Gasteiger partial charge in [-0.15, -0.1) is 0 Å². The number of rotatable bonds is 5. The summed E-state index contributed by atoms with van der Waals surface area (Å²) in [6, 6.07) is 3.25. The molecule has 0 bridgehead atoms. The Bertz CT molecular complexity index is 587. The van der Waals surface area contributed by atoms with E-state index in [9.17, 15) is 8.42 Å². The summed E-state index contributed by atoms with van der Waals surface area (Å²) in [6.07, 6.45) is 6.14. The van der Waals surface area contributed by atoms with Crippen LogP contribution in [0.1, 0.15) is 19.3 Å². The summed E-state index contributed by atoms with van der Waals surface area (Å²) in [7, 11) is -1.86. The summed E-state index contributed by atoms with van der Waals surface area (Å²) in [6.45, 7) is 3.34. The summed E-state index contributed by atoms with van der Waals surface area (Å²) in [5.74, 6) is 0. The van der Waals surface area contributed by atoms with Crippen LogP contribution in [0.25, 0.3) is 0 Å². The van der Waals surface area contributed by atoms with Crippen LogP contribution in [0.4, 0.5) is 0 Å². The molecular weight excluding hydrogens is 302 g/mol. The Hall–Kier alpha value is -1.02. The number of nitrogens with zero attached hydrogens (tertiary/aromatic N) is 3. The van der Waals surface area contributed by atoms with Gasteiger partial charge in [-0.05, 0) is 44.5 Å². The molecule has 3 heterocycles. The Morgan fingerprint density at radius 1 is 1.36 bits per heavy atom. The lowest BCUT2D eigenvalue weighted by molar-refractivity contribution is 0.113. The second kappa shape index (κ2) is 6.62. The Morgan fingerprint density at radius 2 is 2.14 bits per heavy atom. The lowest BCUT2D eigenvalue weighted by Crippen LogP contribution is -2.42. The van der Waals surface area contributed by atoms with E-state index >= 15 is 0 Å². The fraction of sp³-hybridized carbons (Fsp3) is 0.667. The molecule has 22 heavy (non-hydrogen) atoms. The van der Waals surface area contributed by atoms with E-state index in [0.29, 0.717) is 6.54 Å². The molecule has 2 aliphatic heterocycles. The molecule has 0 N–H and O–H groups in total. The van der Waals surface area contributed by atoms with Crippen molar-refractivity contribution in [1.29, 1.82) is 0 Å². The molecule has 0 amide bonds. The van der Waals surface area contributed by atoms with Gasteiger partial charge in [-0.1, -0.05) is 0 Å². The van der Waals surface area contributed by atoms with Crippen LogP contribution in [-0.2, 0) is 14.8 Å². The number of pyridine rings is 1. The van der Waals surface area contributed by atoms with Crippen LogP contribution in [-0.4, -0.2) is 68.0 Å². The lowest BCUT2D eigenvalue weighted by Gasteiger charge is -2.27. The minimum Gasteiger partial charge on any atom is -0.380 e. The van der Waals surface area contributed by atoms with Crippen molar-refractivity contribution in [3.63, 3.8) is 0 Å². The molecule has 2 aliphatic rings. The molecule has 0 unspecified atom stereocenters. The fourth-order valence-corrected chi connectivity index (χ4v) is 5.00. The summed E-state index contributed by atoms with van der Waals surface area (Å²) in [5.41, 5.74) is 0. The normalized spacial score (nSPS) is 27.5.